The van der Waals surface area contributed by atoms with Gasteiger partial charge in [-0.1, -0.05) is 31.4 Å². The predicted molar refractivity (Wildman–Crippen MR) is 92.0 cm³/mol. The van der Waals surface area contributed by atoms with Crippen LogP contribution in [0.3, 0.4) is 0 Å². The Morgan fingerprint density at radius 3 is 2.61 bits per heavy atom. The molecule has 2 heterocycles. The van der Waals surface area contributed by atoms with Gasteiger partial charge in [-0.05, 0) is 36.6 Å². The average molecular weight is 309 g/mol. The van der Waals surface area contributed by atoms with Gasteiger partial charge < -0.3 is 10.3 Å². The first-order valence-electron chi connectivity index (χ1n) is 8.30. The third-order valence-electron chi connectivity index (χ3n) is 4.70. The quantitative estimate of drug-likeness (QED) is 0.705. The number of benzene rings is 1. The number of hydrogen-bond acceptors (Lipinski definition) is 2. The zero-order valence-electron chi connectivity index (χ0n) is 13.0. The van der Waals surface area contributed by atoms with Crippen LogP contribution in [-0.2, 0) is 0 Å². The molecule has 2 aromatic heterocycles. The fourth-order valence-corrected chi connectivity index (χ4v) is 3.46. The van der Waals surface area contributed by atoms with Crippen LogP contribution >= 0.6 is 0 Å². The first-order valence-corrected chi connectivity index (χ1v) is 8.30. The lowest BCUT2D eigenvalue weighted by Gasteiger charge is -2.25. The Morgan fingerprint density at radius 1 is 1.04 bits per heavy atom. The molecular weight excluding hydrogens is 289 g/mol. The van der Waals surface area contributed by atoms with Gasteiger partial charge >= 0.3 is 0 Å². The number of rotatable bonds is 3. The molecule has 23 heavy (non-hydrogen) atoms. The standard InChI is InChI=1S/C19H20FN3/c20-14-8-6-13(7-9-14)17-12-22-19-16(10-11-21-19)18(17)23-15-4-2-1-3-5-15/h6-12,15H,1-5H2,(H2,21,22,23). The number of pyridine rings is 1. The van der Waals surface area contributed by atoms with E-state index in [2.05, 4.69) is 21.4 Å². The van der Waals surface area contributed by atoms with Gasteiger partial charge in [0.1, 0.15) is 11.5 Å². The van der Waals surface area contributed by atoms with Crippen molar-refractivity contribution in [3.05, 3.63) is 48.5 Å². The molecular formula is C19H20FN3. The topological polar surface area (TPSA) is 40.7 Å². The van der Waals surface area contributed by atoms with Crippen LogP contribution in [-0.4, -0.2) is 16.0 Å². The summed E-state index contributed by atoms with van der Waals surface area (Å²) in [7, 11) is 0. The van der Waals surface area contributed by atoms with E-state index in [-0.39, 0.29) is 5.82 Å². The summed E-state index contributed by atoms with van der Waals surface area (Å²) in [5, 5.41) is 4.83. The van der Waals surface area contributed by atoms with Crippen molar-refractivity contribution in [1.29, 1.82) is 0 Å². The summed E-state index contributed by atoms with van der Waals surface area (Å²) in [5.41, 5.74) is 4.01. The van der Waals surface area contributed by atoms with Gasteiger partial charge in [0, 0.05) is 29.4 Å². The number of nitrogens with zero attached hydrogens (tertiary/aromatic N) is 1. The normalized spacial score (nSPS) is 15.9. The van der Waals surface area contributed by atoms with E-state index >= 15 is 0 Å². The van der Waals surface area contributed by atoms with E-state index in [4.69, 9.17) is 0 Å². The number of halogens is 1. The highest BCUT2D eigenvalue weighted by Crippen LogP contribution is 2.35. The number of aromatic amines is 1. The third kappa shape index (κ3) is 2.81. The van der Waals surface area contributed by atoms with Crippen LogP contribution < -0.4 is 5.32 Å². The fourth-order valence-electron chi connectivity index (χ4n) is 3.46. The van der Waals surface area contributed by atoms with Crippen molar-refractivity contribution in [2.75, 3.05) is 5.32 Å². The van der Waals surface area contributed by atoms with Gasteiger partial charge in [-0.2, -0.15) is 0 Å². The predicted octanol–water partition coefficient (Wildman–Crippen LogP) is 5.11. The molecule has 1 aliphatic rings. The summed E-state index contributed by atoms with van der Waals surface area (Å²) in [6.45, 7) is 0. The molecule has 4 heteroatoms. The lowest BCUT2D eigenvalue weighted by molar-refractivity contribution is 0.463. The van der Waals surface area contributed by atoms with Crippen molar-refractivity contribution in [2.24, 2.45) is 0 Å². The zero-order chi connectivity index (χ0) is 15.6. The van der Waals surface area contributed by atoms with E-state index in [1.807, 2.05) is 24.5 Å². The van der Waals surface area contributed by atoms with Crippen LogP contribution in [0.1, 0.15) is 32.1 Å². The first kappa shape index (κ1) is 14.2. The summed E-state index contributed by atoms with van der Waals surface area (Å²) in [5.74, 6) is -0.216. The maximum atomic E-state index is 13.2. The molecule has 2 N–H and O–H groups in total. The lowest BCUT2D eigenvalue weighted by Crippen LogP contribution is -2.22. The van der Waals surface area contributed by atoms with Crippen molar-refractivity contribution in [1.82, 2.24) is 9.97 Å². The Morgan fingerprint density at radius 2 is 1.83 bits per heavy atom. The number of hydrogen-bond donors (Lipinski definition) is 2. The molecule has 1 aromatic carbocycles. The van der Waals surface area contributed by atoms with Crippen LogP contribution in [0, 0.1) is 5.82 Å². The molecule has 118 valence electrons. The van der Waals surface area contributed by atoms with Gasteiger partial charge in [0.25, 0.3) is 0 Å². The second-order valence-electron chi connectivity index (χ2n) is 6.27. The van der Waals surface area contributed by atoms with E-state index in [0.717, 1.165) is 27.8 Å². The number of aromatic nitrogens is 2. The summed E-state index contributed by atoms with van der Waals surface area (Å²) < 4.78 is 13.2. The highest BCUT2D eigenvalue weighted by atomic mass is 19.1. The molecule has 0 atom stereocenters. The second-order valence-corrected chi connectivity index (χ2v) is 6.27. The molecule has 1 fully saturated rings. The summed E-state index contributed by atoms with van der Waals surface area (Å²) in [4.78, 5) is 7.68. The Labute approximate surface area is 134 Å². The van der Waals surface area contributed by atoms with E-state index in [1.54, 1.807) is 0 Å². The fraction of sp³-hybridized carbons (Fsp3) is 0.316. The van der Waals surface area contributed by atoms with Crippen molar-refractivity contribution in [2.45, 2.75) is 38.1 Å². The number of H-pyrrole nitrogens is 1. The van der Waals surface area contributed by atoms with E-state index in [0.29, 0.717) is 6.04 Å². The van der Waals surface area contributed by atoms with Crippen LogP contribution in [0.25, 0.3) is 22.2 Å². The maximum absolute atomic E-state index is 13.2. The van der Waals surface area contributed by atoms with Crippen molar-refractivity contribution < 1.29 is 4.39 Å². The van der Waals surface area contributed by atoms with Gasteiger partial charge in [0.05, 0.1) is 5.69 Å². The summed E-state index contributed by atoms with van der Waals surface area (Å²) in [6, 6.07) is 9.19. The molecule has 4 rings (SSSR count). The smallest absolute Gasteiger partial charge is 0.139 e. The molecule has 3 aromatic rings. The van der Waals surface area contributed by atoms with E-state index in [9.17, 15) is 4.39 Å². The van der Waals surface area contributed by atoms with Crippen molar-refractivity contribution in [3.63, 3.8) is 0 Å². The third-order valence-corrected chi connectivity index (χ3v) is 4.70. The molecule has 0 amide bonds. The van der Waals surface area contributed by atoms with Crippen LogP contribution in [0.2, 0.25) is 0 Å². The maximum Gasteiger partial charge on any atom is 0.139 e. The Bertz CT molecular complexity index is 801. The van der Waals surface area contributed by atoms with Crippen LogP contribution in [0.15, 0.2) is 42.7 Å². The Balaban J connectivity index is 1.79. The molecule has 1 saturated carbocycles. The molecule has 0 bridgehead atoms. The molecule has 0 radical (unpaired) electrons. The zero-order valence-corrected chi connectivity index (χ0v) is 13.0. The molecule has 1 aliphatic carbocycles. The molecule has 0 aliphatic heterocycles. The molecule has 0 saturated heterocycles. The number of nitrogens with one attached hydrogen (secondary N) is 2. The molecule has 0 unspecified atom stereocenters. The minimum Gasteiger partial charge on any atom is -0.381 e. The SMILES string of the molecule is Fc1ccc(-c2cnc3[nH]ccc3c2NC2CCCCC2)cc1. The Hall–Kier alpha value is -2.36. The van der Waals surface area contributed by atoms with Crippen molar-refractivity contribution in [3.8, 4) is 11.1 Å². The minimum absolute atomic E-state index is 0.216. The van der Waals surface area contributed by atoms with E-state index < -0.39 is 0 Å². The average Bonchev–Trinajstić information content (AvgIpc) is 3.06. The largest absolute Gasteiger partial charge is 0.381 e. The molecule has 0 spiro atoms. The summed E-state index contributed by atoms with van der Waals surface area (Å²) in [6.07, 6.45) is 10.1. The van der Waals surface area contributed by atoms with Crippen LogP contribution in [0.5, 0.6) is 0 Å². The van der Waals surface area contributed by atoms with Gasteiger partial charge in [-0.3, -0.25) is 0 Å². The van der Waals surface area contributed by atoms with E-state index in [1.165, 1.54) is 44.2 Å². The summed E-state index contributed by atoms with van der Waals surface area (Å²) >= 11 is 0. The number of anilines is 1. The van der Waals surface area contributed by atoms with Gasteiger partial charge in [0.15, 0.2) is 0 Å². The first-order chi connectivity index (χ1) is 11.3. The molecule has 3 nitrogen and oxygen atoms in total. The monoisotopic (exact) mass is 309 g/mol. The van der Waals surface area contributed by atoms with Gasteiger partial charge in [-0.25, -0.2) is 9.37 Å². The second kappa shape index (κ2) is 6.03. The van der Waals surface area contributed by atoms with Crippen molar-refractivity contribution >= 4 is 16.7 Å². The van der Waals surface area contributed by atoms with Gasteiger partial charge in [0.2, 0.25) is 0 Å². The highest BCUT2D eigenvalue weighted by Gasteiger charge is 2.18. The van der Waals surface area contributed by atoms with Crippen LogP contribution in [0.4, 0.5) is 10.1 Å². The lowest BCUT2D eigenvalue weighted by atomic mass is 9.94. The highest BCUT2D eigenvalue weighted by molar-refractivity contribution is 5.98. The number of fused-ring (bicyclic) bond motifs is 1. The Kier molecular flexibility index (Phi) is 3.74. The minimum atomic E-state index is -0.216. The van der Waals surface area contributed by atoms with Gasteiger partial charge in [-0.15, -0.1) is 0 Å².